The van der Waals surface area contributed by atoms with E-state index in [2.05, 4.69) is 18.7 Å². The van der Waals surface area contributed by atoms with E-state index < -0.39 is 4.92 Å². The predicted molar refractivity (Wildman–Crippen MR) is 141 cm³/mol. The van der Waals surface area contributed by atoms with Crippen molar-refractivity contribution in [2.75, 3.05) is 36.5 Å². The average Bonchev–Trinajstić information content (AvgIpc) is 3.15. The van der Waals surface area contributed by atoms with Gasteiger partial charge in [0.15, 0.2) is 0 Å². The number of nitrogens with two attached hydrogens (primary N) is 2. The zero-order valence-electron chi connectivity index (χ0n) is 20.6. The summed E-state index contributed by atoms with van der Waals surface area (Å²) in [4.78, 5) is 26.2. The highest BCUT2D eigenvalue weighted by Crippen LogP contribution is 2.25. The number of nitrogens with zero attached hydrogens (tertiary/aromatic N) is 3. The van der Waals surface area contributed by atoms with Gasteiger partial charge >= 0.3 is 0 Å². The molecule has 1 aliphatic rings. The summed E-state index contributed by atoms with van der Waals surface area (Å²) in [5.74, 6) is 0.704. The monoisotopic (exact) mass is 505 g/mol. The third-order valence-electron chi connectivity index (χ3n) is 5.87. The quantitative estimate of drug-likeness (QED) is 0.275. The Morgan fingerprint density at radius 3 is 2.49 bits per heavy atom. The zero-order chi connectivity index (χ0) is 26.1. The van der Waals surface area contributed by atoms with Crippen LogP contribution in [0.1, 0.15) is 39.5 Å². The molecular formula is C25H36ClN5O4. The number of hydrogen-bond acceptors (Lipinski definition) is 7. The molecule has 2 aromatic carbocycles. The molecule has 3 rings (SSSR count). The van der Waals surface area contributed by atoms with Crippen molar-refractivity contribution in [3.63, 3.8) is 0 Å². The van der Waals surface area contributed by atoms with Gasteiger partial charge in [0.1, 0.15) is 0 Å². The van der Waals surface area contributed by atoms with Gasteiger partial charge in [-0.3, -0.25) is 14.9 Å². The molecule has 2 aromatic rings. The normalized spacial score (nSPS) is 17.1. The van der Waals surface area contributed by atoms with Crippen molar-refractivity contribution in [1.29, 1.82) is 0 Å². The second-order valence-corrected chi connectivity index (χ2v) is 9.71. The van der Waals surface area contributed by atoms with Crippen LogP contribution in [-0.2, 0) is 4.79 Å². The van der Waals surface area contributed by atoms with Gasteiger partial charge < -0.3 is 26.4 Å². The fraction of sp³-hybridized carbons (Fsp3) is 0.480. The van der Waals surface area contributed by atoms with Crippen LogP contribution in [-0.4, -0.2) is 53.1 Å². The largest absolute Gasteiger partial charge is 0.399 e. The first kappa shape index (κ1) is 28.2. The van der Waals surface area contributed by atoms with Crippen LogP contribution >= 0.6 is 11.6 Å². The number of nitrogen functional groups attached to an aromatic ring is 2. The lowest BCUT2D eigenvalue weighted by molar-refractivity contribution is -0.384. The van der Waals surface area contributed by atoms with E-state index in [1.165, 1.54) is 18.2 Å². The van der Waals surface area contributed by atoms with E-state index in [9.17, 15) is 20.0 Å². The van der Waals surface area contributed by atoms with Crippen LogP contribution in [0.25, 0.3) is 0 Å². The van der Waals surface area contributed by atoms with E-state index in [-0.39, 0.29) is 28.8 Å². The molecular weight excluding hydrogens is 470 g/mol. The molecule has 5 N–H and O–H groups in total. The van der Waals surface area contributed by atoms with Gasteiger partial charge in [0.25, 0.3) is 5.69 Å². The van der Waals surface area contributed by atoms with Crippen LogP contribution in [0.3, 0.4) is 0 Å². The van der Waals surface area contributed by atoms with Gasteiger partial charge in [-0.2, -0.15) is 0 Å². The summed E-state index contributed by atoms with van der Waals surface area (Å²) < 4.78 is 0. The SMILES string of the molecule is CC(C)CC1CC(O)CN1C(=O)CCCN(C)c1ccc(N)cc1.Nc1ccc([N+](=O)[O-])cc1Cl. The van der Waals surface area contributed by atoms with E-state index in [1.54, 1.807) is 0 Å². The zero-order valence-corrected chi connectivity index (χ0v) is 21.3. The Kier molecular flexibility index (Phi) is 10.6. The smallest absolute Gasteiger partial charge is 0.271 e. The Morgan fingerprint density at radius 1 is 1.26 bits per heavy atom. The topological polar surface area (TPSA) is 139 Å². The number of halogens is 1. The first-order chi connectivity index (χ1) is 16.5. The first-order valence-electron chi connectivity index (χ1n) is 11.7. The number of anilines is 3. The molecule has 10 heteroatoms. The lowest BCUT2D eigenvalue weighted by Gasteiger charge is -2.26. The van der Waals surface area contributed by atoms with Crippen LogP contribution in [0.4, 0.5) is 22.7 Å². The number of benzene rings is 2. The molecule has 192 valence electrons. The van der Waals surface area contributed by atoms with Crippen LogP contribution in [0.15, 0.2) is 42.5 Å². The molecule has 9 nitrogen and oxygen atoms in total. The summed E-state index contributed by atoms with van der Waals surface area (Å²) in [6.45, 7) is 5.63. The third kappa shape index (κ3) is 8.92. The number of non-ortho nitro benzene ring substituents is 1. The number of nitro groups is 1. The Morgan fingerprint density at radius 2 is 1.91 bits per heavy atom. The van der Waals surface area contributed by atoms with Crippen molar-refractivity contribution < 1.29 is 14.8 Å². The number of carbonyl (C=O) groups is 1. The summed E-state index contributed by atoms with van der Waals surface area (Å²) in [6, 6.07) is 11.9. The van der Waals surface area contributed by atoms with Crippen LogP contribution < -0.4 is 16.4 Å². The number of carbonyl (C=O) groups excluding carboxylic acids is 1. The molecule has 0 aliphatic carbocycles. The van der Waals surface area contributed by atoms with Crippen LogP contribution in [0.2, 0.25) is 5.02 Å². The molecule has 2 unspecified atom stereocenters. The van der Waals surface area contributed by atoms with Gasteiger partial charge in [0.05, 0.1) is 21.7 Å². The summed E-state index contributed by atoms with van der Waals surface area (Å²) >= 11 is 5.53. The molecule has 1 saturated heterocycles. The fourth-order valence-corrected chi connectivity index (χ4v) is 4.24. The van der Waals surface area contributed by atoms with Crippen molar-refractivity contribution >= 4 is 40.3 Å². The second-order valence-electron chi connectivity index (χ2n) is 9.30. The first-order valence-corrected chi connectivity index (χ1v) is 12.1. The van der Waals surface area contributed by atoms with Gasteiger partial charge in [-0.1, -0.05) is 25.4 Å². The number of hydrogen-bond donors (Lipinski definition) is 3. The Balaban J connectivity index is 0.000000328. The summed E-state index contributed by atoms with van der Waals surface area (Å²) in [7, 11) is 2.02. The van der Waals surface area contributed by atoms with E-state index >= 15 is 0 Å². The van der Waals surface area contributed by atoms with E-state index in [4.69, 9.17) is 23.1 Å². The maximum Gasteiger partial charge on any atom is 0.271 e. The number of nitro benzene ring substituents is 1. The minimum Gasteiger partial charge on any atom is -0.399 e. The fourth-order valence-electron chi connectivity index (χ4n) is 4.06. The van der Waals surface area contributed by atoms with Crippen LogP contribution in [0, 0.1) is 16.0 Å². The molecule has 1 amide bonds. The van der Waals surface area contributed by atoms with Gasteiger partial charge in [0.2, 0.25) is 5.91 Å². The van der Waals surface area contributed by atoms with Crippen molar-refractivity contribution in [2.45, 2.75) is 51.7 Å². The lowest BCUT2D eigenvalue weighted by Crippen LogP contribution is -2.37. The number of amides is 1. The maximum atomic E-state index is 12.5. The number of aliphatic hydroxyl groups excluding tert-OH is 1. The standard InChI is InChI=1S/C19H31N3O2.C6H5ClN2O2/c1-14(2)11-17-12-18(23)13-22(17)19(24)5-4-10-21(3)16-8-6-15(20)7-9-16;7-5-3-4(9(10)11)1-2-6(5)8/h6-9,14,17-18,23H,4-5,10-13,20H2,1-3H3;1-3H,8H2. The number of β-amino-alcohol motifs (C(OH)–C–C–N with tert-alkyl or cyclic N) is 1. The molecule has 0 spiro atoms. The Labute approximate surface area is 211 Å². The highest BCUT2D eigenvalue weighted by molar-refractivity contribution is 6.33. The Bertz CT molecular complexity index is 986. The summed E-state index contributed by atoms with van der Waals surface area (Å²) in [5, 5.41) is 20.3. The van der Waals surface area contributed by atoms with E-state index in [0.29, 0.717) is 24.6 Å². The van der Waals surface area contributed by atoms with Crippen molar-refractivity contribution in [3.8, 4) is 0 Å². The van der Waals surface area contributed by atoms with Crippen molar-refractivity contribution in [2.24, 2.45) is 5.92 Å². The molecule has 0 bridgehead atoms. The number of rotatable bonds is 8. The molecule has 2 atom stereocenters. The molecule has 1 aliphatic heterocycles. The Hall–Kier alpha value is -3.04. The molecule has 0 aromatic heterocycles. The minimum atomic E-state index is -0.522. The molecule has 35 heavy (non-hydrogen) atoms. The minimum absolute atomic E-state index is 0.0517. The molecule has 1 heterocycles. The summed E-state index contributed by atoms with van der Waals surface area (Å²) in [5.41, 5.74) is 13.2. The van der Waals surface area contributed by atoms with Gasteiger partial charge in [-0.05, 0) is 55.5 Å². The number of likely N-dealkylation sites (tertiary alicyclic amines) is 1. The highest BCUT2D eigenvalue weighted by Gasteiger charge is 2.33. The van der Waals surface area contributed by atoms with Crippen LogP contribution in [0.5, 0.6) is 0 Å². The molecule has 0 saturated carbocycles. The predicted octanol–water partition coefficient (Wildman–Crippen LogP) is 4.32. The van der Waals surface area contributed by atoms with Gasteiger partial charge in [-0.15, -0.1) is 0 Å². The van der Waals surface area contributed by atoms with E-state index in [1.807, 2.05) is 36.2 Å². The van der Waals surface area contributed by atoms with Gasteiger partial charge in [-0.25, -0.2) is 0 Å². The summed E-state index contributed by atoms with van der Waals surface area (Å²) in [6.07, 6.45) is 2.65. The third-order valence-corrected chi connectivity index (χ3v) is 6.20. The van der Waals surface area contributed by atoms with Crippen molar-refractivity contribution in [3.05, 3.63) is 57.6 Å². The van der Waals surface area contributed by atoms with Gasteiger partial charge in [0, 0.05) is 56.1 Å². The average molecular weight is 506 g/mol. The molecule has 1 fully saturated rings. The lowest BCUT2D eigenvalue weighted by atomic mass is 10.0. The second kappa shape index (κ2) is 13.2. The highest BCUT2D eigenvalue weighted by atomic mass is 35.5. The van der Waals surface area contributed by atoms with E-state index in [0.717, 1.165) is 37.2 Å². The number of aliphatic hydroxyl groups is 1. The molecule has 0 radical (unpaired) electrons. The van der Waals surface area contributed by atoms with Crippen molar-refractivity contribution in [1.82, 2.24) is 4.90 Å². The maximum absolute atomic E-state index is 12.5.